The molecule has 0 aromatic carbocycles. The van der Waals surface area contributed by atoms with Gasteiger partial charge in [0.25, 0.3) is 0 Å². The van der Waals surface area contributed by atoms with E-state index in [2.05, 4.69) is 43.2 Å². The summed E-state index contributed by atoms with van der Waals surface area (Å²) in [6.45, 7) is 7.59. The van der Waals surface area contributed by atoms with Crippen molar-refractivity contribution >= 4 is 11.8 Å². The average molecular weight is 236 g/mol. The Morgan fingerprint density at radius 2 is 2.12 bits per heavy atom. The third kappa shape index (κ3) is 4.14. The second kappa shape index (κ2) is 4.76. The summed E-state index contributed by atoms with van der Waals surface area (Å²) < 4.78 is 0.237. The van der Waals surface area contributed by atoms with Crippen molar-refractivity contribution in [1.29, 1.82) is 0 Å². The van der Waals surface area contributed by atoms with E-state index in [-0.39, 0.29) is 4.75 Å². The lowest BCUT2D eigenvalue weighted by Crippen LogP contribution is -2.15. The molecule has 0 spiro atoms. The summed E-state index contributed by atoms with van der Waals surface area (Å²) in [4.78, 5) is 4.49. The van der Waals surface area contributed by atoms with Crippen LogP contribution in [0.4, 0.5) is 0 Å². The van der Waals surface area contributed by atoms with Crippen LogP contribution in [0.15, 0.2) is 23.4 Å². The first-order chi connectivity index (χ1) is 7.53. The molecule has 88 valence electrons. The molecule has 0 amide bonds. The van der Waals surface area contributed by atoms with E-state index in [0.29, 0.717) is 0 Å². The van der Waals surface area contributed by atoms with Crippen LogP contribution in [0.1, 0.15) is 39.2 Å². The fraction of sp³-hybridized carbons (Fsp3) is 0.615. The maximum atomic E-state index is 4.49. The van der Waals surface area contributed by atoms with Gasteiger partial charge in [0.1, 0.15) is 0 Å². The van der Waals surface area contributed by atoms with E-state index < -0.39 is 0 Å². The average Bonchev–Trinajstić information content (AvgIpc) is 2.98. The van der Waals surface area contributed by atoms with Gasteiger partial charge in [0.15, 0.2) is 0 Å². The first-order valence-corrected chi connectivity index (χ1v) is 6.72. The number of rotatable bonds is 4. The number of aromatic nitrogens is 1. The summed E-state index contributed by atoms with van der Waals surface area (Å²) in [6.07, 6.45) is 4.67. The molecule has 1 aliphatic carbocycles. The Bertz CT molecular complexity index is 336. The summed E-state index contributed by atoms with van der Waals surface area (Å²) in [5.74, 6) is 0. The van der Waals surface area contributed by atoms with Crippen LogP contribution in [0.25, 0.3) is 0 Å². The lowest BCUT2D eigenvalue weighted by Gasteiger charge is -2.16. The van der Waals surface area contributed by atoms with Crippen LogP contribution >= 0.6 is 11.8 Å². The highest BCUT2D eigenvalue weighted by molar-refractivity contribution is 8.00. The molecule has 16 heavy (non-hydrogen) atoms. The molecule has 1 aliphatic rings. The highest BCUT2D eigenvalue weighted by Gasteiger charge is 2.20. The molecule has 0 atom stereocenters. The van der Waals surface area contributed by atoms with E-state index in [1.165, 1.54) is 18.4 Å². The van der Waals surface area contributed by atoms with Crippen LogP contribution in [-0.4, -0.2) is 15.8 Å². The van der Waals surface area contributed by atoms with E-state index >= 15 is 0 Å². The van der Waals surface area contributed by atoms with Crippen molar-refractivity contribution in [1.82, 2.24) is 10.3 Å². The molecule has 1 saturated carbocycles. The third-order valence-corrected chi connectivity index (χ3v) is 3.44. The van der Waals surface area contributed by atoms with E-state index in [1.807, 2.05) is 18.0 Å². The normalized spacial score (nSPS) is 16.4. The van der Waals surface area contributed by atoms with Gasteiger partial charge in [-0.2, -0.15) is 0 Å². The van der Waals surface area contributed by atoms with Gasteiger partial charge in [-0.15, -0.1) is 11.8 Å². The molecule has 1 aromatic heterocycles. The summed E-state index contributed by atoms with van der Waals surface area (Å²) in [5, 5.41) is 4.61. The number of hydrogen-bond donors (Lipinski definition) is 1. The Labute approximate surface area is 102 Å². The zero-order valence-corrected chi connectivity index (χ0v) is 11.1. The lowest BCUT2D eigenvalue weighted by molar-refractivity contribution is 0.684. The van der Waals surface area contributed by atoms with Gasteiger partial charge in [-0.25, -0.2) is 4.98 Å². The number of thioether (sulfide) groups is 1. The molecule has 2 nitrogen and oxygen atoms in total. The largest absolute Gasteiger partial charge is 0.310 e. The Morgan fingerprint density at radius 1 is 1.38 bits per heavy atom. The van der Waals surface area contributed by atoms with Crippen molar-refractivity contribution in [2.24, 2.45) is 0 Å². The molecule has 3 heteroatoms. The van der Waals surface area contributed by atoms with E-state index in [0.717, 1.165) is 17.6 Å². The van der Waals surface area contributed by atoms with E-state index in [4.69, 9.17) is 0 Å². The van der Waals surface area contributed by atoms with E-state index in [9.17, 15) is 0 Å². The maximum absolute atomic E-state index is 4.49. The summed E-state index contributed by atoms with van der Waals surface area (Å²) in [6, 6.07) is 5.07. The van der Waals surface area contributed by atoms with Crippen LogP contribution in [0.3, 0.4) is 0 Å². The number of nitrogens with one attached hydrogen (secondary N) is 1. The minimum Gasteiger partial charge on any atom is -0.310 e. The molecule has 0 bridgehead atoms. The molecule has 1 fully saturated rings. The van der Waals surface area contributed by atoms with Gasteiger partial charge in [0, 0.05) is 23.5 Å². The van der Waals surface area contributed by atoms with E-state index in [1.54, 1.807) is 0 Å². The fourth-order valence-electron chi connectivity index (χ4n) is 1.44. The van der Waals surface area contributed by atoms with Gasteiger partial charge in [-0.3, -0.25) is 0 Å². The smallest absolute Gasteiger partial charge is 0.0965 e. The van der Waals surface area contributed by atoms with Gasteiger partial charge in [0.05, 0.1) is 5.03 Å². The third-order valence-electron chi connectivity index (χ3n) is 2.38. The Balaban J connectivity index is 1.87. The second-order valence-corrected chi connectivity index (χ2v) is 7.22. The standard InChI is InChI=1S/C13H20N2S/c1-13(2,3)16-12-7-4-10(9-15-12)8-14-11-5-6-11/h4,7,9,11,14H,5-6,8H2,1-3H3. The number of hydrogen-bond acceptors (Lipinski definition) is 3. The molecule has 2 rings (SSSR count). The van der Waals surface area contributed by atoms with Crippen LogP contribution in [-0.2, 0) is 6.54 Å². The highest BCUT2D eigenvalue weighted by Crippen LogP contribution is 2.30. The topological polar surface area (TPSA) is 24.9 Å². The molecule has 1 N–H and O–H groups in total. The fourth-order valence-corrected chi connectivity index (χ4v) is 2.31. The minimum atomic E-state index is 0.237. The first-order valence-electron chi connectivity index (χ1n) is 5.90. The molecule has 0 aliphatic heterocycles. The van der Waals surface area contributed by atoms with Gasteiger partial charge in [-0.1, -0.05) is 26.8 Å². The SMILES string of the molecule is CC(C)(C)Sc1ccc(CNC2CC2)cn1. The highest BCUT2D eigenvalue weighted by atomic mass is 32.2. The van der Waals surface area contributed by atoms with Gasteiger partial charge in [0.2, 0.25) is 0 Å². The van der Waals surface area contributed by atoms with Crippen LogP contribution in [0, 0.1) is 0 Å². The number of nitrogens with zero attached hydrogens (tertiary/aromatic N) is 1. The van der Waals surface area contributed by atoms with Crippen molar-refractivity contribution in [2.75, 3.05) is 0 Å². The Kier molecular flexibility index (Phi) is 3.55. The summed E-state index contributed by atoms with van der Waals surface area (Å²) in [7, 11) is 0. The second-order valence-electron chi connectivity index (χ2n) is 5.37. The first kappa shape index (κ1) is 11.9. The minimum absolute atomic E-state index is 0.237. The zero-order valence-electron chi connectivity index (χ0n) is 10.3. The number of pyridine rings is 1. The monoisotopic (exact) mass is 236 g/mol. The zero-order chi connectivity index (χ0) is 11.6. The predicted molar refractivity (Wildman–Crippen MR) is 69.7 cm³/mol. The molecule has 0 saturated heterocycles. The van der Waals surface area contributed by atoms with Crippen LogP contribution < -0.4 is 5.32 Å². The summed E-state index contributed by atoms with van der Waals surface area (Å²) in [5.41, 5.74) is 1.28. The molecule has 1 aromatic rings. The van der Waals surface area contributed by atoms with Gasteiger partial charge < -0.3 is 5.32 Å². The quantitative estimate of drug-likeness (QED) is 0.813. The lowest BCUT2D eigenvalue weighted by atomic mass is 10.3. The molecule has 0 radical (unpaired) electrons. The van der Waals surface area contributed by atoms with Crippen molar-refractivity contribution in [3.8, 4) is 0 Å². The van der Waals surface area contributed by atoms with Crippen LogP contribution in [0.2, 0.25) is 0 Å². The maximum Gasteiger partial charge on any atom is 0.0965 e. The molecule has 0 unspecified atom stereocenters. The van der Waals surface area contributed by atoms with Crippen molar-refractivity contribution < 1.29 is 0 Å². The van der Waals surface area contributed by atoms with Crippen molar-refractivity contribution in [3.63, 3.8) is 0 Å². The predicted octanol–water partition coefficient (Wildman–Crippen LogP) is 3.22. The molecule has 1 heterocycles. The van der Waals surface area contributed by atoms with Crippen molar-refractivity contribution in [2.45, 2.75) is 56.0 Å². The Morgan fingerprint density at radius 3 is 2.62 bits per heavy atom. The van der Waals surface area contributed by atoms with Gasteiger partial charge >= 0.3 is 0 Å². The van der Waals surface area contributed by atoms with Crippen LogP contribution in [0.5, 0.6) is 0 Å². The van der Waals surface area contributed by atoms with Gasteiger partial charge in [-0.05, 0) is 24.5 Å². The summed E-state index contributed by atoms with van der Waals surface area (Å²) >= 11 is 1.81. The Hall–Kier alpha value is -0.540. The molecular weight excluding hydrogens is 216 g/mol. The van der Waals surface area contributed by atoms with Crippen molar-refractivity contribution in [3.05, 3.63) is 23.9 Å². The molecular formula is C13H20N2S.